The van der Waals surface area contributed by atoms with Gasteiger partial charge in [-0.15, -0.1) is 0 Å². The van der Waals surface area contributed by atoms with E-state index in [-0.39, 0.29) is 36.8 Å². The second-order valence-corrected chi connectivity index (χ2v) is 18.3. The molecule has 0 aromatic heterocycles. The minimum absolute atomic E-state index is 0.0391. The maximum absolute atomic E-state index is 14.7. The van der Waals surface area contributed by atoms with Crippen LogP contribution in [-0.2, 0) is 17.7 Å². The summed E-state index contributed by atoms with van der Waals surface area (Å²) in [6, 6.07) is 18.8. The van der Waals surface area contributed by atoms with Crippen LogP contribution in [0.4, 0.5) is 4.79 Å². The maximum Gasteiger partial charge on any atom is 0.410 e. The van der Waals surface area contributed by atoms with E-state index >= 15 is 0 Å². The molecule has 59 heavy (non-hydrogen) atoms. The van der Waals surface area contributed by atoms with Gasteiger partial charge in [-0.3, -0.25) is 4.79 Å². The van der Waals surface area contributed by atoms with Crippen LogP contribution < -0.4 is 14.2 Å². The number of aliphatic hydroxyl groups excluding tert-OH is 1. The van der Waals surface area contributed by atoms with Crippen LogP contribution in [0.15, 0.2) is 72.3 Å². The Labute approximate surface area is 352 Å². The predicted molar refractivity (Wildman–Crippen MR) is 231 cm³/mol. The van der Waals surface area contributed by atoms with Gasteiger partial charge < -0.3 is 34.1 Å². The Kier molecular flexibility index (Phi) is 14.2. The number of aliphatic hydroxyl groups is 2. The fourth-order valence-electron chi connectivity index (χ4n) is 10.2. The van der Waals surface area contributed by atoms with E-state index in [1.165, 1.54) is 5.57 Å². The van der Waals surface area contributed by atoms with Crippen LogP contribution in [0, 0.1) is 23.2 Å². The highest BCUT2D eigenvalue weighted by atomic mass is 16.6. The van der Waals surface area contributed by atoms with E-state index in [1.54, 1.807) is 50.5 Å². The molecule has 9 heteroatoms. The Morgan fingerprint density at radius 1 is 0.898 bits per heavy atom. The molecule has 2 N–H and O–H groups in total. The highest BCUT2D eigenvalue weighted by Gasteiger charge is 2.58. The molecular weight excluding hydrogens is 743 g/mol. The molecule has 7 atom stereocenters. The second kappa shape index (κ2) is 18.9. The average molecular weight is 810 g/mol. The fourth-order valence-corrected chi connectivity index (χ4v) is 10.2. The predicted octanol–water partition coefficient (Wildman–Crippen LogP) is 10.1. The lowest BCUT2D eigenvalue weighted by atomic mass is 9.64. The zero-order valence-corrected chi connectivity index (χ0v) is 36.6. The van der Waals surface area contributed by atoms with E-state index in [0.29, 0.717) is 78.7 Å². The van der Waals surface area contributed by atoms with Gasteiger partial charge in [0, 0.05) is 28.2 Å². The van der Waals surface area contributed by atoms with Crippen LogP contribution in [0.2, 0.25) is 0 Å². The Morgan fingerprint density at radius 2 is 1.63 bits per heavy atom. The summed E-state index contributed by atoms with van der Waals surface area (Å²) in [5.74, 6) is 2.63. The van der Waals surface area contributed by atoms with Gasteiger partial charge >= 0.3 is 6.09 Å². The van der Waals surface area contributed by atoms with Crippen LogP contribution in [0.1, 0.15) is 131 Å². The molecule has 9 nitrogen and oxygen atoms in total. The van der Waals surface area contributed by atoms with E-state index in [4.69, 9.17) is 18.9 Å². The standard InChI is InChI=1S/C50H67NO8/c1-32(2)41-21-12-34(4)26-46(41)59-48(54)51(30-37-16-20-40(57-7)29-45(37)58-8)31-50(55)25-23-44-42-22-13-35(27-38(52)17-11-33(3)10-9-24-49(44,50)5)28-43(42)47(53)36-14-18-39(56-6)19-15-36/h10,13-16,18-20,22,28-29,32,34,38,41,44,46,52,55H,9,11-12,17,21,23-27,30-31H2,1-8H3/t34-,38-,41+,44-,46-,49-,50+/m0/s1. The van der Waals surface area contributed by atoms with Gasteiger partial charge in [-0.1, -0.05) is 57.9 Å². The van der Waals surface area contributed by atoms with Gasteiger partial charge in [-0.05, 0) is 142 Å². The molecule has 2 fully saturated rings. The monoisotopic (exact) mass is 809 g/mol. The van der Waals surface area contributed by atoms with Gasteiger partial charge in [0.15, 0.2) is 5.78 Å². The zero-order chi connectivity index (χ0) is 42.5. The van der Waals surface area contributed by atoms with Crippen molar-refractivity contribution < 1.29 is 38.7 Å². The number of hydrogen-bond acceptors (Lipinski definition) is 8. The largest absolute Gasteiger partial charge is 0.497 e. The highest BCUT2D eigenvalue weighted by Crippen LogP contribution is 2.59. The smallest absolute Gasteiger partial charge is 0.410 e. The van der Waals surface area contributed by atoms with E-state index < -0.39 is 23.2 Å². The van der Waals surface area contributed by atoms with Gasteiger partial charge in [0.1, 0.15) is 23.4 Å². The number of allylic oxidation sites excluding steroid dienone is 2. The SMILES string of the molecule is COc1ccc(C(=O)c2cc3ccc2[C@@H]2CC[C@@](O)(CN(Cc4ccc(OC)cc4OC)C(=O)O[C@H]4C[C@@H](C)CC[C@@H]4C(C)C)[C@@]2(C)CCC=C(C)CC[C@H](O)C3)cc1. The summed E-state index contributed by atoms with van der Waals surface area (Å²) >= 11 is 0. The molecule has 4 aliphatic rings. The van der Waals surface area contributed by atoms with Crippen molar-refractivity contribution in [2.24, 2.45) is 23.2 Å². The van der Waals surface area contributed by atoms with Crippen molar-refractivity contribution in [3.05, 3.63) is 100 Å². The minimum atomic E-state index is -1.35. The number of nitrogens with zero attached hydrogens (tertiary/aromatic N) is 1. The summed E-state index contributed by atoms with van der Waals surface area (Å²) in [5.41, 5.74) is 2.76. The molecular formula is C50H67NO8. The molecule has 0 unspecified atom stereocenters. The Balaban J connectivity index is 1.43. The average Bonchev–Trinajstić information content (AvgIpc) is 3.47. The number of methoxy groups -OCH3 is 3. The summed E-state index contributed by atoms with van der Waals surface area (Å²) in [6.45, 7) is 11.1. The number of rotatable bonds is 11. The Morgan fingerprint density at radius 3 is 2.32 bits per heavy atom. The molecule has 0 heterocycles. The Bertz CT molecular complexity index is 1960. The van der Waals surface area contributed by atoms with Crippen LogP contribution in [0.25, 0.3) is 0 Å². The van der Waals surface area contributed by atoms with Crippen molar-refractivity contribution in [1.82, 2.24) is 4.90 Å². The molecule has 0 spiro atoms. The number of fused-ring (bicyclic) bond motifs is 8. The normalized spacial score (nSPS) is 27.3. The van der Waals surface area contributed by atoms with Crippen LogP contribution in [0.3, 0.4) is 0 Å². The summed E-state index contributed by atoms with van der Waals surface area (Å²) in [4.78, 5) is 31.0. The maximum atomic E-state index is 14.7. The number of hydrogen-bond donors (Lipinski definition) is 2. The Hall–Kier alpha value is -4.34. The molecule has 320 valence electrons. The third-order valence-corrected chi connectivity index (χ3v) is 14.0. The summed E-state index contributed by atoms with van der Waals surface area (Å²) < 4.78 is 23.2. The number of carbonyl (C=O) groups excluding carboxylic acids is 2. The van der Waals surface area contributed by atoms with Crippen molar-refractivity contribution in [1.29, 1.82) is 0 Å². The zero-order valence-electron chi connectivity index (χ0n) is 36.6. The van der Waals surface area contributed by atoms with Crippen LogP contribution >= 0.6 is 0 Å². The number of carbonyl (C=O) groups is 2. The number of amides is 1. The van der Waals surface area contributed by atoms with Crippen molar-refractivity contribution in [2.45, 2.75) is 129 Å². The van der Waals surface area contributed by atoms with Crippen molar-refractivity contribution in [2.75, 3.05) is 27.9 Å². The molecule has 0 radical (unpaired) electrons. The quantitative estimate of drug-likeness (QED) is 0.145. The molecule has 0 saturated heterocycles. The van der Waals surface area contributed by atoms with E-state index in [9.17, 15) is 19.8 Å². The second-order valence-electron chi connectivity index (χ2n) is 18.3. The molecule has 2 saturated carbocycles. The third kappa shape index (κ3) is 9.84. The number of ketones is 1. The van der Waals surface area contributed by atoms with Gasteiger partial charge in [0.2, 0.25) is 0 Å². The van der Waals surface area contributed by atoms with Gasteiger partial charge in [-0.2, -0.15) is 0 Å². The number of ether oxygens (including phenoxy) is 4. The lowest BCUT2D eigenvalue weighted by Crippen LogP contribution is -2.54. The van der Waals surface area contributed by atoms with Gasteiger partial charge in [0.25, 0.3) is 0 Å². The summed E-state index contributed by atoms with van der Waals surface area (Å²) in [5, 5.41) is 24.4. The summed E-state index contributed by atoms with van der Waals surface area (Å²) in [7, 11) is 4.82. The highest BCUT2D eigenvalue weighted by molar-refractivity contribution is 6.10. The van der Waals surface area contributed by atoms with Gasteiger partial charge in [0.05, 0.1) is 46.1 Å². The number of benzene rings is 3. The molecule has 0 aliphatic heterocycles. The first-order chi connectivity index (χ1) is 28.2. The first-order valence-corrected chi connectivity index (χ1v) is 21.7. The van der Waals surface area contributed by atoms with E-state index in [0.717, 1.165) is 42.4 Å². The molecule has 2 bridgehead atoms. The van der Waals surface area contributed by atoms with E-state index in [1.807, 2.05) is 36.4 Å². The van der Waals surface area contributed by atoms with Crippen molar-refractivity contribution in [3.8, 4) is 17.2 Å². The minimum Gasteiger partial charge on any atom is -0.497 e. The molecule has 4 aliphatic carbocycles. The van der Waals surface area contributed by atoms with Gasteiger partial charge in [-0.25, -0.2) is 4.79 Å². The van der Waals surface area contributed by atoms with Crippen molar-refractivity contribution in [3.63, 3.8) is 0 Å². The van der Waals surface area contributed by atoms with Crippen molar-refractivity contribution >= 4 is 11.9 Å². The van der Waals surface area contributed by atoms with Crippen LogP contribution in [-0.4, -0.2) is 72.7 Å². The molecule has 3 aromatic carbocycles. The third-order valence-electron chi connectivity index (χ3n) is 14.0. The summed E-state index contributed by atoms with van der Waals surface area (Å²) in [6.07, 6.45) is 8.11. The fraction of sp³-hybridized carbons (Fsp3) is 0.560. The first kappa shape index (κ1) is 44.2. The molecule has 3 aromatic rings. The topological polar surface area (TPSA) is 115 Å². The van der Waals surface area contributed by atoms with Crippen LogP contribution in [0.5, 0.6) is 17.2 Å². The van der Waals surface area contributed by atoms with E-state index in [2.05, 4.69) is 40.7 Å². The lowest BCUT2D eigenvalue weighted by molar-refractivity contribution is -0.0877. The first-order valence-electron chi connectivity index (χ1n) is 21.7. The lowest BCUT2D eigenvalue weighted by Gasteiger charge is -2.46. The molecule has 1 amide bonds. The molecule has 7 rings (SSSR count).